The van der Waals surface area contributed by atoms with Gasteiger partial charge < -0.3 is 24.3 Å². The third-order valence-electron chi connectivity index (χ3n) is 4.69. The first-order valence-electron chi connectivity index (χ1n) is 9.90. The number of hydrogen-bond acceptors (Lipinski definition) is 6. The lowest BCUT2D eigenvalue weighted by Crippen LogP contribution is -2.20. The van der Waals surface area contributed by atoms with Gasteiger partial charge in [-0.1, -0.05) is 30.3 Å². The Morgan fingerprint density at radius 1 is 0.969 bits per heavy atom. The van der Waals surface area contributed by atoms with Crippen molar-refractivity contribution in [1.82, 2.24) is 0 Å². The predicted molar refractivity (Wildman–Crippen MR) is 119 cm³/mol. The number of anilines is 1. The lowest BCUT2D eigenvalue weighted by Gasteiger charge is -2.11. The quantitative estimate of drug-likeness (QED) is 0.422. The summed E-state index contributed by atoms with van der Waals surface area (Å²) in [5.74, 6) is 1.62. The molecule has 4 rings (SSSR count). The highest BCUT2D eigenvalue weighted by atomic mass is 16.7. The second kappa shape index (κ2) is 9.70. The lowest BCUT2D eigenvalue weighted by atomic mass is 10.1. The molecule has 0 bridgehead atoms. The number of benzene rings is 3. The van der Waals surface area contributed by atoms with Crippen molar-refractivity contribution in [1.29, 1.82) is 0 Å². The van der Waals surface area contributed by atoms with E-state index < -0.39 is 0 Å². The number of hydrogen-bond donors (Lipinski definition) is 1. The molecule has 0 spiro atoms. The lowest BCUT2D eigenvalue weighted by molar-refractivity contribution is -0.118. The molecule has 1 amide bonds. The first-order chi connectivity index (χ1) is 15.6. The van der Waals surface area contributed by atoms with Crippen molar-refractivity contribution in [2.75, 3.05) is 25.8 Å². The van der Waals surface area contributed by atoms with Crippen LogP contribution in [0.15, 0.2) is 72.8 Å². The van der Waals surface area contributed by atoms with Gasteiger partial charge in [-0.2, -0.15) is 0 Å². The van der Waals surface area contributed by atoms with Crippen LogP contribution >= 0.6 is 0 Å². The summed E-state index contributed by atoms with van der Waals surface area (Å²) in [6, 6.07) is 19.4. The maximum atomic E-state index is 12.5. The number of fused-ring (bicyclic) bond motifs is 1. The van der Waals surface area contributed by atoms with Crippen LogP contribution < -0.4 is 24.3 Å². The fraction of sp³-hybridized carbons (Fsp3) is 0.120. The van der Waals surface area contributed by atoms with E-state index in [0.717, 1.165) is 5.56 Å². The van der Waals surface area contributed by atoms with Gasteiger partial charge in [0.2, 0.25) is 6.79 Å². The number of carbonyl (C=O) groups is 2. The van der Waals surface area contributed by atoms with Crippen LogP contribution in [0.1, 0.15) is 15.9 Å². The zero-order valence-electron chi connectivity index (χ0n) is 17.4. The van der Waals surface area contributed by atoms with Gasteiger partial charge in [-0.25, -0.2) is 0 Å². The first-order valence-corrected chi connectivity index (χ1v) is 9.90. The van der Waals surface area contributed by atoms with Crippen LogP contribution in [-0.2, 0) is 4.79 Å². The molecule has 7 nitrogen and oxygen atoms in total. The average molecular weight is 431 g/mol. The highest BCUT2D eigenvalue weighted by Crippen LogP contribution is 2.33. The van der Waals surface area contributed by atoms with Crippen molar-refractivity contribution in [2.45, 2.75) is 0 Å². The molecule has 1 aliphatic rings. The minimum Gasteiger partial charge on any atom is -0.493 e. The van der Waals surface area contributed by atoms with Crippen LogP contribution in [0.4, 0.5) is 5.69 Å². The number of rotatable bonds is 8. The largest absolute Gasteiger partial charge is 0.493 e. The second-order valence-electron chi connectivity index (χ2n) is 6.88. The number of nitrogens with one attached hydrogen (secondary N) is 1. The van der Waals surface area contributed by atoms with E-state index in [1.54, 1.807) is 54.6 Å². The predicted octanol–water partition coefficient (Wildman–Crippen LogP) is 4.34. The van der Waals surface area contributed by atoms with Crippen molar-refractivity contribution < 1.29 is 28.5 Å². The molecule has 1 N–H and O–H groups in total. The Morgan fingerprint density at radius 2 is 1.78 bits per heavy atom. The minimum absolute atomic E-state index is 0.158. The number of carbonyl (C=O) groups excluding carboxylic acids is 2. The third kappa shape index (κ3) is 5.07. The Morgan fingerprint density at radius 3 is 2.59 bits per heavy atom. The summed E-state index contributed by atoms with van der Waals surface area (Å²) in [7, 11) is 1.51. The molecule has 7 heteroatoms. The second-order valence-corrected chi connectivity index (χ2v) is 6.88. The fourth-order valence-electron chi connectivity index (χ4n) is 3.09. The van der Waals surface area contributed by atoms with E-state index in [4.69, 9.17) is 18.9 Å². The van der Waals surface area contributed by atoms with Crippen LogP contribution in [0.5, 0.6) is 23.0 Å². The Hall–Kier alpha value is -4.26. The van der Waals surface area contributed by atoms with Gasteiger partial charge in [0.05, 0.1) is 7.11 Å². The molecule has 162 valence electrons. The molecule has 1 aliphatic heterocycles. The van der Waals surface area contributed by atoms with Crippen molar-refractivity contribution in [3.63, 3.8) is 0 Å². The van der Waals surface area contributed by atoms with Crippen LogP contribution in [-0.4, -0.2) is 32.2 Å². The van der Waals surface area contributed by atoms with E-state index in [-0.39, 0.29) is 25.1 Å². The summed E-state index contributed by atoms with van der Waals surface area (Å²) in [5.41, 5.74) is 1.94. The molecule has 0 atom stereocenters. The number of ether oxygens (including phenoxy) is 4. The summed E-state index contributed by atoms with van der Waals surface area (Å²) in [6.07, 6.45) is 3.15. The zero-order chi connectivity index (χ0) is 22.3. The van der Waals surface area contributed by atoms with Gasteiger partial charge in [0.15, 0.2) is 35.4 Å². The molecule has 0 aromatic heterocycles. The minimum atomic E-state index is -0.281. The monoisotopic (exact) mass is 431 g/mol. The molecule has 0 saturated carbocycles. The van der Waals surface area contributed by atoms with Crippen molar-refractivity contribution in [2.24, 2.45) is 0 Å². The molecule has 0 fully saturated rings. The number of methoxy groups -OCH3 is 1. The SMILES string of the molecule is COc1cc(/C=C/C(=O)c2ccc3c(c2)OCO3)ccc1OCC(=O)Nc1ccccc1. The molecule has 3 aromatic rings. The summed E-state index contributed by atoms with van der Waals surface area (Å²) < 4.78 is 21.5. The average Bonchev–Trinajstić information content (AvgIpc) is 3.30. The molecular weight excluding hydrogens is 410 g/mol. The van der Waals surface area contributed by atoms with E-state index >= 15 is 0 Å². The van der Waals surface area contributed by atoms with Gasteiger partial charge in [-0.15, -0.1) is 0 Å². The van der Waals surface area contributed by atoms with E-state index in [1.807, 2.05) is 18.2 Å². The van der Waals surface area contributed by atoms with Gasteiger partial charge in [0, 0.05) is 11.3 Å². The first kappa shape index (κ1) is 21.0. The number of ketones is 1. The number of amides is 1. The topological polar surface area (TPSA) is 83.1 Å². The van der Waals surface area contributed by atoms with Crippen molar-refractivity contribution in [3.8, 4) is 23.0 Å². The zero-order valence-corrected chi connectivity index (χ0v) is 17.4. The van der Waals surface area contributed by atoms with E-state index in [9.17, 15) is 9.59 Å². The van der Waals surface area contributed by atoms with Gasteiger partial charge in [0.1, 0.15) is 0 Å². The van der Waals surface area contributed by atoms with Gasteiger partial charge in [-0.3, -0.25) is 9.59 Å². The molecular formula is C25H21NO6. The summed E-state index contributed by atoms with van der Waals surface area (Å²) in [5, 5.41) is 2.75. The third-order valence-corrected chi connectivity index (χ3v) is 4.69. The Labute approximate surface area is 185 Å². The molecule has 0 radical (unpaired) electrons. The molecule has 1 heterocycles. The van der Waals surface area contributed by atoms with E-state index in [0.29, 0.717) is 34.2 Å². The van der Waals surface area contributed by atoms with Gasteiger partial charge >= 0.3 is 0 Å². The van der Waals surface area contributed by atoms with Crippen molar-refractivity contribution >= 4 is 23.5 Å². The van der Waals surface area contributed by atoms with Crippen LogP contribution in [0.2, 0.25) is 0 Å². The fourth-order valence-corrected chi connectivity index (χ4v) is 3.09. The van der Waals surface area contributed by atoms with E-state index in [1.165, 1.54) is 13.2 Å². The Kier molecular flexibility index (Phi) is 6.36. The van der Waals surface area contributed by atoms with Crippen LogP contribution in [0.25, 0.3) is 6.08 Å². The number of allylic oxidation sites excluding steroid dienone is 1. The van der Waals surface area contributed by atoms with Gasteiger partial charge in [-0.05, 0) is 54.1 Å². The van der Waals surface area contributed by atoms with Gasteiger partial charge in [0.25, 0.3) is 5.91 Å². The van der Waals surface area contributed by atoms with Crippen LogP contribution in [0.3, 0.4) is 0 Å². The summed E-state index contributed by atoms with van der Waals surface area (Å²) >= 11 is 0. The molecule has 32 heavy (non-hydrogen) atoms. The molecule has 0 unspecified atom stereocenters. The maximum Gasteiger partial charge on any atom is 0.262 e. The highest BCUT2D eigenvalue weighted by Gasteiger charge is 2.15. The van der Waals surface area contributed by atoms with Crippen LogP contribution in [0, 0.1) is 0 Å². The maximum absolute atomic E-state index is 12.5. The molecule has 0 aliphatic carbocycles. The van der Waals surface area contributed by atoms with E-state index in [2.05, 4.69) is 5.32 Å². The summed E-state index contributed by atoms with van der Waals surface area (Å²) in [6.45, 7) is -0.00597. The normalized spacial score (nSPS) is 11.9. The Balaban J connectivity index is 1.38. The number of para-hydroxylation sites is 1. The standard InChI is InChI=1S/C25H21NO6/c1-29-23-13-17(7-10-20(27)18-9-12-22-24(14-18)32-16-31-22)8-11-21(23)30-15-25(28)26-19-5-3-2-4-6-19/h2-14H,15-16H2,1H3,(H,26,28)/b10-7+. The van der Waals surface area contributed by atoms with Crippen molar-refractivity contribution in [3.05, 3.63) is 83.9 Å². The summed E-state index contributed by atoms with van der Waals surface area (Å²) in [4.78, 5) is 24.6. The molecule has 0 saturated heterocycles. The highest BCUT2D eigenvalue weighted by molar-refractivity contribution is 6.07. The molecule has 3 aromatic carbocycles. The Bertz CT molecular complexity index is 1160. The smallest absolute Gasteiger partial charge is 0.262 e.